The van der Waals surface area contributed by atoms with Crippen molar-refractivity contribution in [1.82, 2.24) is 9.88 Å². The number of nitrogens with zero attached hydrogens (tertiary/aromatic N) is 3. The molecule has 0 saturated carbocycles. The number of anilines is 1. The number of thiazole rings is 1. The fourth-order valence-electron chi connectivity index (χ4n) is 3.85. The van der Waals surface area contributed by atoms with E-state index in [1.165, 1.54) is 41.2 Å². The molecule has 8 nitrogen and oxygen atoms in total. The van der Waals surface area contributed by atoms with Gasteiger partial charge in [0.2, 0.25) is 0 Å². The number of halogens is 3. The molecule has 0 bridgehead atoms. The predicted molar refractivity (Wildman–Crippen MR) is 131 cm³/mol. The van der Waals surface area contributed by atoms with Crippen molar-refractivity contribution in [3.63, 3.8) is 0 Å². The number of rotatable bonds is 10. The van der Waals surface area contributed by atoms with Crippen LogP contribution >= 0.6 is 22.9 Å². The molecule has 0 radical (unpaired) electrons. The minimum absolute atomic E-state index is 0.00211. The van der Waals surface area contributed by atoms with Crippen LogP contribution in [0.15, 0.2) is 58.3 Å². The van der Waals surface area contributed by atoms with Gasteiger partial charge in [-0.3, -0.25) is 9.69 Å². The summed E-state index contributed by atoms with van der Waals surface area (Å²) in [6.07, 6.45) is -1.26. The van der Waals surface area contributed by atoms with Crippen molar-refractivity contribution >= 4 is 45.3 Å². The van der Waals surface area contributed by atoms with Crippen LogP contribution in [0, 0.1) is 0 Å². The summed E-state index contributed by atoms with van der Waals surface area (Å²) >= 11 is 7.47. The van der Waals surface area contributed by atoms with E-state index in [1.807, 2.05) is 6.07 Å². The van der Waals surface area contributed by atoms with Gasteiger partial charge in [-0.15, -0.1) is 11.3 Å². The number of sulfonamides is 1. The number of carbonyl (C=O) groups is 1. The van der Waals surface area contributed by atoms with Crippen LogP contribution in [0.25, 0.3) is 0 Å². The van der Waals surface area contributed by atoms with Crippen molar-refractivity contribution in [2.24, 2.45) is 0 Å². The normalized spacial score (nSPS) is 15.1. The molecule has 2 aromatic carbocycles. The Hall–Kier alpha value is -2.80. The van der Waals surface area contributed by atoms with E-state index in [1.54, 1.807) is 6.07 Å². The van der Waals surface area contributed by atoms with Crippen molar-refractivity contribution in [1.29, 1.82) is 0 Å². The largest absolute Gasteiger partial charge is 0.489 e. The van der Waals surface area contributed by atoms with E-state index in [9.17, 15) is 22.0 Å². The van der Waals surface area contributed by atoms with Crippen molar-refractivity contribution in [2.75, 3.05) is 17.6 Å². The lowest BCUT2D eigenvalue weighted by molar-refractivity contribution is -0.128. The number of hydrogen-bond acceptors (Lipinski definition) is 8. The molecule has 0 amide bonds. The maximum atomic E-state index is 13.0. The average molecular weight is 558 g/mol. The Morgan fingerprint density at radius 2 is 2.00 bits per heavy atom. The highest BCUT2D eigenvalue weighted by Crippen LogP contribution is 2.32. The van der Waals surface area contributed by atoms with E-state index in [-0.39, 0.29) is 33.9 Å². The highest BCUT2D eigenvalue weighted by Gasteiger charge is 2.30. The molecule has 0 spiro atoms. The molecule has 2 heterocycles. The molecule has 1 aliphatic heterocycles. The van der Waals surface area contributed by atoms with Gasteiger partial charge in [-0.2, -0.15) is 8.42 Å². The molecule has 1 aromatic heterocycles. The second-order valence-corrected chi connectivity index (χ2v) is 10.9. The first kappa shape index (κ1) is 26.3. The Labute approximate surface area is 216 Å². The van der Waals surface area contributed by atoms with E-state index >= 15 is 0 Å². The van der Waals surface area contributed by atoms with Crippen molar-refractivity contribution in [3.8, 4) is 5.75 Å². The van der Waals surface area contributed by atoms with Gasteiger partial charge in [-0.05, 0) is 42.7 Å². The van der Waals surface area contributed by atoms with Gasteiger partial charge in [-0.25, -0.2) is 13.8 Å². The number of aromatic nitrogens is 1. The van der Waals surface area contributed by atoms with Gasteiger partial charge < -0.3 is 9.57 Å². The van der Waals surface area contributed by atoms with E-state index in [0.29, 0.717) is 42.7 Å². The lowest BCUT2D eigenvalue weighted by Crippen LogP contribution is -2.37. The summed E-state index contributed by atoms with van der Waals surface area (Å²) in [5.41, 5.74) is 2.25. The predicted octanol–water partition coefficient (Wildman–Crippen LogP) is 5.06. The van der Waals surface area contributed by atoms with Crippen LogP contribution in [0.5, 0.6) is 5.75 Å². The summed E-state index contributed by atoms with van der Waals surface area (Å²) in [7, 11) is -4.27. The zero-order chi connectivity index (χ0) is 25.7. The molecule has 13 heteroatoms. The Balaban J connectivity index is 1.38. The molecule has 192 valence electrons. The first-order valence-corrected chi connectivity index (χ1v) is 13.6. The van der Waals surface area contributed by atoms with Gasteiger partial charge in [0, 0.05) is 30.6 Å². The SMILES string of the molecule is O=CON(c1cscn1)S(=O)(=O)c1ccc(OC2CCN(Cc3cccc(C(F)F)c3)CC2)c(Cl)c1. The Morgan fingerprint density at radius 3 is 2.64 bits per heavy atom. The third-order valence-electron chi connectivity index (χ3n) is 5.60. The summed E-state index contributed by atoms with van der Waals surface area (Å²) in [6, 6.07) is 10.4. The zero-order valence-corrected chi connectivity index (χ0v) is 21.2. The van der Waals surface area contributed by atoms with Crippen molar-refractivity contribution < 1.29 is 31.6 Å². The van der Waals surface area contributed by atoms with Crippen molar-refractivity contribution in [3.05, 3.63) is 69.5 Å². The third kappa shape index (κ3) is 6.12. The molecule has 36 heavy (non-hydrogen) atoms. The monoisotopic (exact) mass is 557 g/mol. The van der Waals surface area contributed by atoms with Gasteiger partial charge >= 0.3 is 6.47 Å². The lowest BCUT2D eigenvalue weighted by Gasteiger charge is -2.32. The van der Waals surface area contributed by atoms with Crippen molar-refractivity contribution in [2.45, 2.75) is 36.8 Å². The third-order valence-corrected chi connectivity index (χ3v) is 8.03. The Kier molecular flexibility index (Phi) is 8.39. The van der Waals surface area contributed by atoms with Crippen LogP contribution < -0.4 is 9.21 Å². The maximum absolute atomic E-state index is 13.0. The maximum Gasteiger partial charge on any atom is 0.322 e. The van der Waals surface area contributed by atoms with Gasteiger partial charge in [0.15, 0.2) is 5.82 Å². The first-order valence-electron chi connectivity index (χ1n) is 10.9. The van der Waals surface area contributed by atoms with Crippen LogP contribution in [-0.2, 0) is 26.2 Å². The molecule has 0 aliphatic carbocycles. The van der Waals surface area contributed by atoms with Gasteiger partial charge in [0.1, 0.15) is 11.9 Å². The summed E-state index contributed by atoms with van der Waals surface area (Å²) in [5, 5.41) is 1.51. The van der Waals surface area contributed by atoms with E-state index in [2.05, 4.69) is 14.7 Å². The van der Waals surface area contributed by atoms with Crippen LogP contribution in [-0.4, -0.2) is 44.0 Å². The van der Waals surface area contributed by atoms with Gasteiger partial charge in [0.05, 0.1) is 15.4 Å². The summed E-state index contributed by atoms with van der Waals surface area (Å²) < 4.78 is 58.3. The zero-order valence-electron chi connectivity index (χ0n) is 18.8. The number of alkyl halides is 2. The van der Waals surface area contributed by atoms with Crippen LogP contribution in [0.1, 0.15) is 30.4 Å². The van der Waals surface area contributed by atoms with Crippen LogP contribution in [0.4, 0.5) is 14.6 Å². The topological polar surface area (TPSA) is 89.0 Å². The number of likely N-dealkylation sites (tertiary alicyclic amines) is 1. The molecule has 0 N–H and O–H groups in total. The molecule has 3 aromatic rings. The first-order chi connectivity index (χ1) is 17.3. The number of carbonyl (C=O) groups excluding carboxylic acids is 1. The highest BCUT2D eigenvalue weighted by atomic mass is 35.5. The van der Waals surface area contributed by atoms with Gasteiger partial charge in [0.25, 0.3) is 16.4 Å². The van der Waals surface area contributed by atoms with Crippen LogP contribution in [0.2, 0.25) is 5.02 Å². The molecule has 4 rings (SSSR count). The standard InChI is InChI=1S/C23H22ClF2N3O5S2/c24-20-11-19(36(31,32)29(33-15-30)22-13-35-14-27-22)4-5-21(20)34-18-6-8-28(9-7-18)12-16-2-1-3-17(10-16)23(25)26/h1-5,10-11,13-15,18,23H,6-9,12H2. The van der Waals surface area contributed by atoms with E-state index < -0.39 is 16.4 Å². The fourth-order valence-corrected chi connectivity index (χ4v) is 5.91. The summed E-state index contributed by atoms with van der Waals surface area (Å²) in [4.78, 5) is 21.4. The lowest BCUT2D eigenvalue weighted by atomic mass is 10.1. The number of ether oxygens (including phenoxy) is 1. The second-order valence-electron chi connectivity index (χ2n) is 8.01. The van der Waals surface area contributed by atoms with Gasteiger partial charge in [-0.1, -0.05) is 34.3 Å². The molecule has 1 saturated heterocycles. The number of benzene rings is 2. The molecule has 0 atom stereocenters. The fraction of sp³-hybridized carbons (Fsp3) is 0.304. The Morgan fingerprint density at radius 1 is 1.22 bits per heavy atom. The molecule has 1 aliphatic rings. The molecular formula is C23H22ClF2N3O5S2. The molecule has 1 fully saturated rings. The highest BCUT2D eigenvalue weighted by molar-refractivity contribution is 7.92. The summed E-state index contributed by atoms with van der Waals surface area (Å²) in [5.74, 6) is 0.270. The minimum Gasteiger partial charge on any atom is -0.489 e. The van der Waals surface area contributed by atoms with E-state index in [0.717, 1.165) is 16.9 Å². The molecule has 0 unspecified atom stereocenters. The Bertz CT molecular complexity index is 1290. The van der Waals surface area contributed by atoms with E-state index in [4.69, 9.17) is 16.3 Å². The second kappa shape index (κ2) is 11.5. The number of hydrogen-bond donors (Lipinski definition) is 0. The average Bonchev–Trinajstić information content (AvgIpc) is 3.39. The molecular weight excluding hydrogens is 536 g/mol. The van der Waals surface area contributed by atoms with Crippen LogP contribution in [0.3, 0.4) is 0 Å². The number of piperidine rings is 1. The smallest absolute Gasteiger partial charge is 0.322 e. The minimum atomic E-state index is -4.27. The summed E-state index contributed by atoms with van der Waals surface area (Å²) in [6.45, 7) is 1.98. The quantitative estimate of drug-likeness (QED) is 0.254.